The maximum atomic E-state index is 12.7. The van der Waals surface area contributed by atoms with Crippen LogP contribution in [0.5, 0.6) is 17.2 Å². The Bertz CT molecular complexity index is 1390. The highest BCUT2D eigenvalue weighted by atomic mass is 16.7. The Morgan fingerprint density at radius 1 is 0.905 bits per heavy atom. The number of cyclic esters (lactones) is 1. The summed E-state index contributed by atoms with van der Waals surface area (Å²) in [5.41, 5.74) is 2.68. The molecule has 42 heavy (non-hydrogen) atoms. The Morgan fingerprint density at radius 2 is 1.48 bits per heavy atom. The lowest BCUT2D eigenvalue weighted by Gasteiger charge is -2.23. The van der Waals surface area contributed by atoms with Crippen molar-refractivity contribution in [1.29, 1.82) is 0 Å². The molecule has 3 atom stereocenters. The number of hydrogen-bond donors (Lipinski definition) is 0. The van der Waals surface area contributed by atoms with Crippen LogP contribution in [0.4, 0.5) is 0 Å². The van der Waals surface area contributed by atoms with Gasteiger partial charge in [0.05, 0.1) is 5.56 Å². The highest BCUT2D eigenvalue weighted by Gasteiger charge is 2.34. The lowest BCUT2D eigenvalue weighted by atomic mass is 10.0. The van der Waals surface area contributed by atoms with E-state index in [1.807, 2.05) is 38.1 Å². The summed E-state index contributed by atoms with van der Waals surface area (Å²) in [6.45, 7) is 11.0. The van der Waals surface area contributed by atoms with Crippen molar-refractivity contribution in [1.82, 2.24) is 0 Å². The van der Waals surface area contributed by atoms with Gasteiger partial charge in [-0.1, -0.05) is 57.7 Å². The van der Waals surface area contributed by atoms with Gasteiger partial charge in [0.15, 0.2) is 0 Å². The molecule has 8 heteroatoms. The summed E-state index contributed by atoms with van der Waals surface area (Å²) in [6, 6.07) is 21.2. The van der Waals surface area contributed by atoms with Crippen LogP contribution in [0.2, 0.25) is 0 Å². The molecule has 1 saturated heterocycles. The molecule has 0 N–H and O–H groups in total. The normalized spacial score (nSPS) is 15.7. The first kappa shape index (κ1) is 30.1. The second-order valence-electron chi connectivity index (χ2n) is 9.76. The van der Waals surface area contributed by atoms with E-state index in [0.29, 0.717) is 41.2 Å². The van der Waals surface area contributed by atoms with Gasteiger partial charge >= 0.3 is 17.9 Å². The van der Waals surface area contributed by atoms with Gasteiger partial charge in [0.25, 0.3) is 0 Å². The molecule has 1 heterocycles. The third kappa shape index (κ3) is 7.87. The van der Waals surface area contributed by atoms with Crippen molar-refractivity contribution in [2.24, 2.45) is 0 Å². The second kappa shape index (κ2) is 14.2. The van der Waals surface area contributed by atoms with Gasteiger partial charge in [-0.2, -0.15) is 0 Å². The minimum Gasteiger partial charge on any atom is -0.487 e. The van der Waals surface area contributed by atoms with Gasteiger partial charge in [0.2, 0.25) is 6.29 Å². The SMILES string of the molecule is C=CC(=O)OC(CC)Oc1ccc(-c2ccc(OC(=O)c3ccc(OC(CCC)C4CC(=C)C(=O)O4)cc3)cc2)cc1. The summed E-state index contributed by atoms with van der Waals surface area (Å²) in [5, 5.41) is 0. The first-order valence-electron chi connectivity index (χ1n) is 13.9. The van der Waals surface area contributed by atoms with E-state index in [-0.39, 0.29) is 18.2 Å². The van der Waals surface area contributed by atoms with Gasteiger partial charge < -0.3 is 23.7 Å². The fraction of sp³-hybridized carbons (Fsp3) is 0.265. The predicted octanol–water partition coefficient (Wildman–Crippen LogP) is 6.84. The quantitative estimate of drug-likeness (QED) is 0.0954. The van der Waals surface area contributed by atoms with Gasteiger partial charge in [-0.05, 0) is 66.1 Å². The molecule has 0 aromatic heterocycles. The summed E-state index contributed by atoms with van der Waals surface area (Å²) < 4.78 is 27.9. The zero-order valence-electron chi connectivity index (χ0n) is 23.7. The summed E-state index contributed by atoms with van der Waals surface area (Å²) in [7, 11) is 0. The molecule has 0 bridgehead atoms. The van der Waals surface area contributed by atoms with Crippen LogP contribution in [0, 0.1) is 0 Å². The van der Waals surface area contributed by atoms with Gasteiger partial charge in [-0.15, -0.1) is 0 Å². The van der Waals surface area contributed by atoms with Gasteiger partial charge in [-0.25, -0.2) is 14.4 Å². The van der Waals surface area contributed by atoms with Crippen LogP contribution in [0.1, 0.15) is 49.9 Å². The molecule has 0 amide bonds. The fourth-order valence-corrected chi connectivity index (χ4v) is 4.37. The highest BCUT2D eigenvalue weighted by Crippen LogP contribution is 2.28. The number of carbonyl (C=O) groups is 3. The standard InChI is InChI=1S/C34H34O8/c1-5-8-29(30-21-22(4)33(36)41-30)38-26-19-13-25(14-20-26)34(37)40-28-17-11-24(12-18-28)23-9-15-27(16-10-23)39-32(7-3)42-31(35)6-2/h6,9-20,29-30,32H,2,4-5,7-8,21H2,1,3H3. The fourth-order valence-electron chi connectivity index (χ4n) is 4.37. The van der Waals surface area contributed by atoms with E-state index >= 15 is 0 Å². The van der Waals surface area contributed by atoms with E-state index in [1.54, 1.807) is 48.5 Å². The molecular formula is C34H34O8. The summed E-state index contributed by atoms with van der Waals surface area (Å²) in [5.74, 6) is 0.132. The molecule has 3 unspecified atom stereocenters. The average Bonchev–Trinajstić information content (AvgIpc) is 3.35. The molecule has 0 aliphatic carbocycles. The molecule has 8 nitrogen and oxygen atoms in total. The number of carbonyl (C=O) groups excluding carboxylic acids is 3. The number of benzene rings is 3. The number of ether oxygens (including phenoxy) is 5. The van der Waals surface area contributed by atoms with Crippen molar-refractivity contribution < 1.29 is 38.1 Å². The molecule has 3 aromatic carbocycles. The molecule has 0 radical (unpaired) electrons. The van der Waals surface area contributed by atoms with Crippen molar-refractivity contribution in [2.75, 3.05) is 0 Å². The maximum absolute atomic E-state index is 12.7. The number of hydrogen-bond acceptors (Lipinski definition) is 8. The number of esters is 3. The smallest absolute Gasteiger partial charge is 0.343 e. The Morgan fingerprint density at radius 3 is 2.00 bits per heavy atom. The largest absolute Gasteiger partial charge is 0.487 e. The first-order chi connectivity index (χ1) is 20.3. The average molecular weight is 571 g/mol. The van der Waals surface area contributed by atoms with E-state index in [4.69, 9.17) is 23.7 Å². The Labute approximate surface area is 245 Å². The third-order valence-electron chi connectivity index (χ3n) is 6.63. The van der Waals surface area contributed by atoms with E-state index in [0.717, 1.165) is 30.0 Å². The van der Waals surface area contributed by atoms with Crippen molar-refractivity contribution in [2.45, 2.75) is 58.0 Å². The lowest BCUT2D eigenvalue weighted by Crippen LogP contribution is -2.31. The molecule has 1 aliphatic heterocycles. The zero-order valence-corrected chi connectivity index (χ0v) is 23.7. The monoisotopic (exact) mass is 570 g/mol. The van der Waals surface area contributed by atoms with Gasteiger partial charge in [0, 0.05) is 24.5 Å². The molecule has 0 saturated carbocycles. The molecule has 1 aliphatic rings. The summed E-state index contributed by atoms with van der Waals surface area (Å²) >= 11 is 0. The first-order valence-corrected chi connectivity index (χ1v) is 13.9. The molecular weight excluding hydrogens is 536 g/mol. The Hall–Kier alpha value is -4.85. The third-order valence-corrected chi connectivity index (χ3v) is 6.63. The molecule has 1 fully saturated rings. The van der Waals surface area contributed by atoms with Crippen LogP contribution in [-0.2, 0) is 19.1 Å². The van der Waals surface area contributed by atoms with Crippen LogP contribution in [0.25, 0.3) is 11.1 Å². The van der Waals surface area contributed by atoms with E-state index in [2.05, 4.69) is 13.2 Å². The minimum absolute atomic E-state index is 0.298. The molecule has 218 valence electrons. The summed E-state index contributed by atoms with van der Waals surface area (Å²) in [4.78, 5) is 35.9. The minimum atomic E-state index is -0.698. The van der Waals surface area contributed by atoms with Gasteiger partial charge in [-0.3, -0.25) is 0 Å². The lowest BCUT2D eigenvalue weighted by molar-refractivity contribution is -0.157. The Kier molecular flexibility index (Phi) is 10.2. The molecule has 4 rings (SSSR count). The van der Waals surface area contributed by atoms with E-state index in [1.165, 1.54) is 0 Å². The van der Waals surface area contributed by atoms with Crippen molar-refractivity contribution in [3.8, 4) is 28.4 Å². The van der Waals surface area contributed by atoms with E-state index < -0.39 is 18.2 Å². The molecule has 0 spiro atoms. The van der Waals surface area contributed by atoms with Crippen molar-refractivity contribution >= 4 is 17.9 Å². The molecule has 3 aromatic rings. The topological polar surface area (TPSA) is 97.4 Å². The van der Waals surface area contributed by atoms with Gasteiger partial charge in [0.1, 0.15) is 29.5 Å². The number of rotatable bonds is 13. The van der Waals surface area contributed by atoms with Crippen LogP contribution in [0.3, 0.4) is 0 Å². The van der Waals surface area contributed by atoms with Crippen molar-refractivity contribution in [3.05, 3.63) is 103 Å². The maximum Gasteiger partial charge on any atom is 0.343 e. The van der Waals surface area contributed by atoms with E-state index in [9.17, 15) is 14.4 Å². The van der Waals surface area contributed by atoms with Crippen LogP contribution >= 0.6 is 0 Å². The second-order valence-corrected chi connectivity index (χ2v) is 9.76. The van der Waals surface area contributed by atoms with Crippen LogP contribution < -0.4 is 14.2 Å². The summed E-state index contributed by atoms with van der Waals surface area (Å²) in [6.07, 6.45) is 2.26. The zero-order chi connectivity index (χ0) is 30.1. The van der Waals surface area contributed by atoms with Crippen LogP contribution in [0.15, 0.2) is 97.6 Å². The highest BCUT2D eigenvalue weighted by molar-refractivity contribution is 5.91. The van der Waals surface area contributed by atoms with Crippen LogP contribution in [-0.4, -0.2) is 36.4 Å². The Balaban J connectivity index is 1.32. The van der Waals surface area contributed by atoms with Crippen molar-refractivity contribution in [3.63, 3.8) is 0 Å². The predicted molar refractivity (Wildman–Crippen MR) is 157 cm³/mol.